The van der Waals surface area contributed by atoms with Crippen molar-refractivity contribution in [2.45, 2.75) is 25.8 Å². The Morgan fingerprint density at radius 3 is 2.60 bits per heavy atom. The van der Waals surface area contributed by atoms with Gasteiger partial charge >= 0.3 is 0 Å². The van der Waals surface area contributed by atoms with Crippen LogP contribution >= 0.6 is 38.5 Å². The maximum absolute atomic E-state index is 5.99. The molecule has 0 saturated heterocycles. The first kappa shape index (κ1) is 15.8. The third-order valence-corrected chi connectivity index (χ3v) is 4.59. The molecule has 4 heteroatoms. The molecular weight excluding hydrogens is 429 g/mol. The van der Waals surface area contributed by atoms with Gasteiger partial charge in [-0.3, -0.25) is 0 Å². The second-order valence-corrected chi connectivity index (χ2v) is 6.69. The van der Waals surface area contributed by atoms with Crippen LogP contribution in [0.3, 0.4) is 0 Å². The van der Waals surface area contributed by atoms with Crippen LogP contribution in [-0.2, 0) is 6.42 Å². The normalized spacial score (nSPS) is 12.2. The van der Waals surface area contributed by atoms with Crippen LogP contribution in [0.1, 0.15) is 18.9 Å². The fourth-order valence-electron chi connectivity index (χ4n) is 1.85. The van der Waals surface area contributed by atoms with Crippen molar-refractivity contribution in [2.75, 3.05) is 0 Å². The van der Waals surface area contributed by atoms with E-state index in [4.69, 9.17) is 10.5 Å². The lowest BCUT2D eigenvalue weighted by Gasteiger charge is -2.12. The zero-order valence-electron chi connectivity index (χ0n) is 11.3. The van der Waals surface area contributed by atoms with Crippen molar-refractivity contribution in [2.24, 2.45) is 5.73 Å². The number of para-hydroxylation sites is 1. The number of halogens is 2. The standard InChI is InChI=1S/C16H17BrINO/c1-2-12(19)9-11-7-8-15(13(17)10-11)20-16-6-4-3-5-14(16)18/h3-8,10,12H,2,9,19H2,1H3. The predicted octanol–water partition coefficient (Wildman–Crippen LogP) is 5.13. The van der Waals surface area contributed by atoms with Gasteiger partial charge in [0.1, 0.15) is 11.5 Å². The Morgan fingerprint density at radius 1 is 1.20 bits per heavy atom. The molecule has 2 aromatic rings. The van der Waals surface area contributed by atoms with Gasteiger partial charge in [-0.25, -0.2) is 0 Å². The minimum atomic E-state index is 0.212. The molecule has 0 fully saturated rings. The van der Waals surface area contributed by atoms with E-state index < -0.39 is 0 Å². The van der Waals surface area contributed by atoms with Crippen LogP contribution < -0.4 is 10.5 Å². The average molecular weight is 446 g/mol. The van der Waals surface area contributed by atoms with Crippen molar-refractivity contribution < 1.29 is 4.74 Å². The first-order chi connectivity index (χ1) is 9.60. The van der Waals surface area contributed by atoms with Crippen molar-refractivity contribution in [3.63, 3.8) is 0 Å². The molecule has 20 heavy (non-hydrogen) atoms. The van der Waals surface area contributed by atoms with E-state index in [1.807, 2.05) is 30.3 Å². The minimum Gasteiger partial charge on any atom is -0.455 e. The molecule has 106 valence electrons. The van der Waals surface area contributed by atoms with Crippen molar-refractivity contribution in [3.05, 3.63) is 56.1 Å². The highest BCUT2D eigenvalue weighted by molar-refractivity contribution is 14.1. The number of benzene rings is 2. The quantitative estimate of drug-likeness (QED) is 0.647. The number of nitrogens with two attached hydrogens (primary N) is 1. The molecular formula is C16H17BrINO. The predicted molar refractivity (Wildman–Crippen MR) is 95.3 cm³/mol. The van der Waals surface area contributed by atoms with Crippen molar-refractivity contribution in [3.8, 4) is 11.5 Å². The van der Waals surface area contributed by atoms with Crippen LogP contribution in [0.25, 0.3) is 0 Å². The average Bonchev–Trinajstić information content (AvgIpc) is 2.44. The van der Waals surface area contributed by atoms with E-state index in [0.29, 0.717) is 0 Å². The maximum atomic E-state index is 5.99. The lowest BCUT2D eigenvalue weighted by molar-refractivity contribution is 0.476. The Hall–Kier alpha value is -0.590. The lowest BCUT2D eigenvalue weighted by atomic mass is 10.0. The molecule has 0 aliphatic heterocycles. The van der Waals surface area contributed by atoms with Gasteiger partial charge < -0.3 is 10.5 Å². The summed E-state index contributed by atoms with van der Waals surface area (Å²) in [4.78, 5) is 0. The Labute approximate surface area is 142 Å². The summed E-state index contributed by atoms with van der Waals surface area (Å²) in [5.41, 5.74) is 7.21. The summed E-state index contributed by atoms with van der Waals surface area (Å²) >= 11 is 5.84. The summed E-state index contributed by atoms with van der Waals surface area (Å²) in [6, 6.07) is 14.3. The maximum Gasteiger partial charge on any atom is 0.141 e. The molecule has 2 rings (SSSR count). The molecule has 1 unspecified atom stereocenters. The highest BCUT2D eigenvalue weighted by Crippen LogP contribution is 2.32. The Balaban J connectivity index is 2.16. The molecule has 0 aromatic heterocycles. The molecule has 1 atom stereocenters. The first-order valence-corrected chi connectivity index (χ1v) is 8.43. The smallest absolute Gasteiger partial charge is 0.141 e. The van der Waals surface area contributed by atoms with Gasteiger partial charge in [0.25, 0.3) is 0 Å². The highest BCUT2D eigenvalue weighted by atomic mass is 127. The summed E-state index contributed by atoms with van der Waals surface area (Å²) in [6.07, 6.45) is 1.87. The molecule has 0 spiro atoms. The van der Waals surface area contributed by atoms with Crippen LogP contribution in [0.4, 0.5) is 0 Å². The summed E-state index contributed by atoms with van der Waals surface area (Å²) < 4.78 is 7.99. The van der Waals surface area contributed by atoms with Crippen LogP contribution in [-0.4, -0.2) is 6.04 Å². The topological polar surface area (TPSA) is 35.2 Å². The third-order valence-electron chi connectivity index (χ3n) is 3.08. The van der Waals surface area contributed by atoms with Gasteiger partial charge in [0.15, 0.2) is 0 Å². The highest BCUT2D eigenvalue weighted by Gasteiger charge is 2.08. The Kier molecular flexibility index (Phi) is 5.86. The SMILES string of the molecule is CCC(N)Cc1ccc(Oc2ccccc2I)c(Br)c1. The number of ether oxygens (including phenoxy) is 1. The fraction of sp³-hybridized carbons (Fsp3) is 0.250. The number of rotatable bonds is 5. The molecule has 2 N–H and O–H groups in total. The van der Waals surface area contributed by atoms with E-state index in [9.17, 15) is 0 Å². The molecule has 0 heterocycles. The van der Waals surface area contributed by atoms with E-state index in [0.717, 1.165) is 32.4 Å². The molecule has 0 aliphatic rings. The second kappa shape index (κ2) is 7.43. The van der Waals surface area contributed by atoms with Gasteiger partial charge in [-0.1, -0.05) is 25.1 Å². The first-order valence-electron chi connectivity index (χ1n) is 6.56. The lowest BCUT2D eigenvalue weighted by Crippen LogP contribution is -2.21. The van der Waals surface area contributed by atoms with Gasteiger partial charge in [0.05, 0.1) is 8.04 Å². The largest absolute Gasteiger partial charge is 0.455 e. The van der Waals surface area contributed by atoms with Gasteiger partial charge in [-0.15, -0.1) is 0 Å². The van der Waals surface area contributed by atoms with E-state index in [2.05, 4.69) is 57.6 Å². The molecule has 2 nitrogen and oxygen atoms in total. The van der Waals surface area contributed by atoms with Crippen LogP contribution in [0, 0.1) is 3.57 Å². The van der Waals surface area contributed by atoms with Crippen LogP contribution in [0.2, 0.25) is 0 Å². The summed E-state index contributed by atoms with van der Waals surface area (Å²) in [7, 11) is 0. The van der Waals surface area contributed by atoms with Crippen LogP contribution in [0.15, 0.2) is 46.9 Å². The van der Waals surface area contributed by atoms with E-state index in [1.165, 1.54) is 5.56 Å². The molecule has 0 saturated carbocycles. The molecule has 0 aliphatic carbocycles. The zero-order valence-corrected chi connectivity index (χ0v) is 15.0. The Morgan fingerprint density at radius 2 is 1.95 bits per heavy atom. The number of hydrogen-bond acceptors (Lipinski definition) is 2. The molecule has 2 aromatic carbocycles. The van der Waals surface area contributed by atoms with Gasteiger partial charge in [0.2, 0.25) is 0 Å². The molecule has 0 bridgehead atoms. The minimum absolute atomic E-state index is 0.212. The van der Waals surface area contributed by atoms with E-state index >= 15 is 0 Å². The second-order valence-electron chi connectivity index (χ2n) is 4.67. The van der Waals surface area contributed by atoms with Crippen molar-refractivity contribution in [1.82, 2.24) is 0 Å². The van der Waals surface area contributed by atoms with E-state index in [-0.39, 0.29) is 6.04 Å². The van der Waals surface area contributed by atoms with Crippen molar-refractivity contribution >= 4 is 38.5 Å². The fourth-order valence-corrected chi connectivity index (χ4v) is 2.85. The molecule has 0 amide bonds. The van der Waals surface area contributed by atoms with E-state index in [1.54, 1.807) is 0 Å². The van der Waals surface area contributed by atoms with Gasteiger partial charge in [-0.05, 0) is 81.2 Å². The van der Waals surface area contributed by atoms with Crippen molar-refractivity contribution in [1.29, 1.82) is 0 Å². The summed E-state index contributed by atoms with van der Waals surface area (Å²) in [5.74, 6) is 1.69. The third kappa shape index (κ3) is 4.20. The molecule has 0 radical (unpaired) electrons. The van der Waals surface area contributed by atoms with Crippen LogP contribution in [0.5, 0.6) is 11.5 Å². The van der Waals surface area contributed by atoms with Gasteiger partial charge in [-0.2, -0.15) is 0 Å². The zero-order chi connectivity index (χ0) is 14.5. The Bertz CT molecular complexity index is 588. The van der Waals surface area contributed by atoms with Gasteiger partial charge in [0, 0.05) is 6.04 Å². The summed E-state index contributed by atoms with van der Waals surface area (Å²) in [5, 5.41) is 0. The monoisotopic (exact) mass is 445 g/mol. The summed E-state index contributed by atoms with van der Waals surface area (Å²) in [6.45, 7) is 2.11. The number of hydrogen-bond donors (Lipinski definition) is 1.